The van der Waals surface area contributed by atoms with Gasteiger partial charge in [-0.2, -0.15) is 0 Å². The zero-order valence-corrected chi connectivity index (χ0v) is 14.0. The molecule has 0 spiro atoms. The minimum atomic E-state index is -1.39. The molecule has 1 aromatic heterocycles. The first-order valence-electron chi connectivity index (χ1n) is 7.75. The number of anilines is 1. The Morgan fingerprint density at radius 3 is 2.50 bits per heavy atom. The lowest BCUT2D eigenvalue weighted by Gasteiger charge is -2.21. The van der Waals surface area contributed by atoms with Gasteiger partial charge in [-0.05, 0) is 36.6 Å². The van der Waals surface area contributed by atoms with Crippen molar-refractivity contribution < 1.29 is 19.1 Å². The molecule has 0 aliphatic heterocycles. The molecular formula is C18H22N2O4. The third-order valence-corrected chi connectivity index (χ3v) is 3.68. The van der Waals surface area contributed by atoms with E-state index in [2.05, 4.69) is 10.6 Å². The van der Waals surface area contributed by atoms with E-state index in [4.69, 9.17) is 4.42 Å². The molecule has 1 heterocycles. The number of carbonyl (C=O) groups is 2. The third kappa shape index (κ3) is 4.23. The first-order valence-corrected chi connectivity index (χ1v) is 7.75. The van der Waals surface area contributed by atoms with E-state index in [1.54, 1.807) is 24.3 Å². The average molecular weight is 330 g/mol. The normalized spacial score (nSPS) is 13.4. The van der Waals surface area contributed by atoms with E-state index in [-0.39, 0.29) is 12.5 Å². The largest absolute Gasteiger partial charge is 0.466 e. The highest BCUT2D eigenvalue weighted by Gasteiger charge is 2.28. The van der Waals surface area contributed by atoms with Gasteiger partial charge < -0.3 is 20.2 Å². The number of amides is 2. The van der Waals surface area contributed by atoms with Crippen molar-refractivity contribution in [3.05, 3.63) is 54.0 Å². The summed E-state index contributed by atoms with van der Waals surface area (Å²) >= 11 is 0. The van der Waals surface area contributed by atoms with Crippen molar-refractivity contribution in [2.24, 2.45) is 0 Å². The standard InChI is InChI=1S/C18H22N2O4/c1-12(2)13-7-4-5-8-14(13)20-17(22)16(21)19-11-18(3,23)15-9-6-10-24-15/h4-10,12,23H,11H2,1-3H3,(H,19,21)(H,20,22). The minimum Gasteiger partial charge on any atom is -0.466 e. The van der Waals surface area contributed by atoms with Gasteiger partial charge in [0.2, 0.25) is 0 Å². The molecular weight excluding hydrogens is 308 g/mol. The monoisotopic (exact) mass is 330 g/mol. The second kappa shape index (κ2) is 7.31. The van der Waals surface area contributed by atoms with Crippen LogP contribution in [0.25, 0.3) is 0 Å². The van der Waals surface area contributed by atoms with Crippen molar-refractivity contribution in [3.63, 3.8) is 0 Å². The molecule has 2 rings (SSSR count). The summed E-state index contributed by atoms with van der Waals surface area (Å²) in [5.41, 5.74) is 0.154. The molecule has 0 saturated carbocycles. The summed E-state index contributed by atoms with van der Waals surface area (Å²) in [5.74, 6) is -1.07. The molecule has 128 valence electrons. The molecule has 1 atom stereocenters. The summed E-state index contributed by atoms with van der Waals surface area (Å²) in [6.45, 7) is 5.37. The molecule has 0 aliphatic rings. The van der Waals surface area contributed by atoms with E-state index in [1.165, 1.54) is 13.2 Å². The molecule has 0 aliphatic carbocycles. The zero-order chi connectivity index (χ0) is 17.7. The first kappa shape index (κ1) is 17.7. The van der Waals surface area contributed by atoms with Gasteiger partial charge in [-0.3, -0.25) is 9.59 Å². The van der Waals surface area contributed by atoms with Gasteiger partial charge in [-0.25, -0.2) is 0 Å². The summed E-state index contributed by atoms with van der Waals surface area (Å²) in [4.78, 5) is 24.0. The SMILES string of the molecule is CC(C)c1ccccc1NC(=O)C(=O)NCC(C)(O)c1ccco1. The van der Waals surface area contributed by atoms with Crippen LogP contribution in [0.1, 0.15) is 38.0 Å². The molecule has 0 saturated heterocycles. The Kier molecular flexibility index (Phi) is 5.41. The molecule has 3 N–H and O–H groups in total. The van der Waals surface area contributed by atoms with Gasteiger partial charge in [0.15, 0.2) is 0 Å². The van der Waals surface area contributed by atoms with Crippen LogP contribution in [0.4, 0.5) is 5.69 Å². The molecule has 24 heavy (non-hydrogen) atoms. The number of hydrogen-bond donors (Lipinski definition) is 3. The van der Waals surface area contributed by atoms with E-state index in [1.807, 2.05) is 26.0 Å². The minimum absolute atomic E-state index is 0.140. The van der Waals surface area contributed by atoms with Crippen LogP contribution in [-0.4, -0.2) is 23.5 Å². The van der Waals surface area contributed by atoms with Crippen molar-refractivity contribution in [1.82, 2.24) is 5.32 Å². The summed E-state index contributed by atoms with van der Waals surface area (Å²) in [6.07, 6.45) is 1.43. The number of furan rings is 1. The molecule has 0 bridgehead atoms. The highest BCUT2D eigenvalue weighted by Crippen LogP contribution is 2.23. The molecule has 0 radical (unpaired) electrons. The van der Waals surface area contributed by atoms with Gasteiger partial charge in [-0.15, -0.1) is 0 Å². The fraction of sp³-hybridized carbons (Fsp3) is 0.333. The third-order valence-electron chi connectivity index (χ3n) is 3.68. The van der Waals surface area contributed by atoms with Gasteiger partial charge in [0.1, 0.15) is 11.4 Å². The summed E-state index contributed by atoms with van der Waals surface area (Å²) in [5, 5.41) is 15.3. The molecule has 1 unspecified atom stereocenters. The zero-order valence-electron chi connectivity index (χ0n) is 14.0. The predicted molar refractivity (Wildman–Crippen MR) is 90.4 cm³/mol. The number of benzene rings is 1. The number of aliphatic hydroxyl groups is 1. The Morgan fingerprint density at radius 1 is 1.17 bits per heavy atom. The number of nitrogens with one attached hydrogen (secondary N) is 2. The maximum Gasteiger partial charge on any atom is 0.313 e. The lowest BCUT2D eigenvalue weighted by molar-refractivity contribution is -0.136. The Bertz CT molecular complexity index is 706. The molecule has 2 amide bonds. The summed E-state index contributed by atoms with van der Waals surface area (Å²) in [6, 6.07) is 10.6. The predicted octanol–water partition coefficient (Wildman–Crippen LogP) is 2.37. The Balaban J connectivity index is 1.97. The van der Waals surface area contributed by atoms with Crippen LogP contribution in [0, 0.1) is 0 Å². The quantitative estimate of drug-likeness (QED) is 0.734. The van der Waals surface area contributed by atoms with Crippen molar-refractivity contribution in [3.8, 4) is 0 Å². The van der Waals surface area contributed by atoms with Crippen molar-refractivity contribution >= 4 is 17.5 Å². The van der Waals surface area contributed by atoms with Crippen molar-refractivity contribution in [2.45, 2.75) is 32.3 Å². The lowest BCUT2D eigenvalue weighted by Crippen LogP contribution is -2.43. The number of carbonyl (C=O) groups excluding carboxylic acids is 2. The Morgan fingerprint density at radius 2 is 1.88 bits per heavy atom. The maximum atomic E-state index is 12.1. The van der Waals surface area contributed by atoms with Crippen LogP contribution in [0.2, 0.25) is 0 Å². The average Bonchev–Trinajstić information content (AvgIpc) is 3.08. The number of hydrogen-bond acceptors (Lipinski definition) is 4. The van der Waals surface area contributed by atoms with E-state index in [0.29, 0.717) is 11.4 Å². The number of rotatable bonds is 5. The molecule has 1 aromatic carbocycles. The van der Waals surface area contributed by atoms with Crippen LogP contribution in [0.5, 0.6) is 0 Å². The summed E-state index contributed by atoms with van der Waals surface area (Å²) < 4.78 is 5.13. The second-order valence-corrected chi connectivity index (χ2v) is 6.13. The van der Waals surface area contributed by atoms with Gasteiger partial charge in [0, 0.05) is 5.69 Å². The van der Waals surface area contributed by atoms with E-state index in [9.17, 15) is 14.7 Å². The maximum absolute atomic E-state index is 12.1. The van der Waals surface area contributed by atoms with Gasteiger partial charge in [0.05, 0.1) is 12.8 Å². The second-order valence-electron chi connectivity index (χ2n) is 6.13. The van der Waals surface area contributed by atoms with Crippen LogP contribution in [-0.2, 0) is 15.2 Å². The Labute approximate surface area is 140 Å². The number of para-hydroxylation sites is 1. The van der Waals surface area contributed by atoms with E-state index >= 15 is 0 Å². The molecule has 6 nitrogen and oxygen atoms in total. The Hall–Kier alpha value is -2.60. The molecule has 0 fully saturated rings. The van der Waals surface area contributed by atoms with Crippen LogP contribution in [0.3, 0.4) is 0 Å². The highest BCUT2D eigenvalue weighted by atomic mass is 16.4. The van der Waals surface area contributed by atoms with Gasteiger partial charge >= 0.3 is 11.8 Å². The van der Waals surface area contributed by atoms with E-state index < -0.39 is 17.4 Å². The van der Waals surface area contributed by atoms with Crippen LogP contribution in [0.15, 0.2) is 47.1 Å². The van der Waals surface area contributed by atoms with E-state index in [0.717, 1.165) is 5.56 Å². The van der Waals surface area contributed by atoms with Crippen molar-refractivity contribution in [1.29, 1.82) is 0 Å². The lowest BCUT2D eigenvalue weighted by atomic mass is 10.0. The highest BCUT2D eigenvalue weighted by molar-refractivity contribution is 6.39. The van der Waals surface area contributed by atoms with Crippen LogP contribution >= 0.6 is 0 Å². The topological polar surface area (TPSA) is 91.6 Å². The van der Waals surface area contributed by atoms with Crippen LogP contribution < -0.4 is 10.6 Å². The fourth-order valence-corrected chi connectivity index (χ4v) is 2.30. The molecule has 6 heteroatoms. The fourth-order valence-electron chi connectivity index (χ4n) is 2.30. The van der Waals surface area contributed by atoms with Crippen molar-refractivity contribution in [2.75, 3.05) is 11.9 Å². The van der Waals surface area contributed by atoms with Gasteiger partial charge in [0.25, 0.3) is 0 Å². The first-order chi connectivity index (χ1) is 11.3. The smallest absolute Gasteiger partial charge is 0.313 e. The summed E-state index contributed by atoms with van der Waals surface area (Å²) in [7, 11) is 0. The van der Waals surface area contributed by atoms with Gasteiger partial charge in [-0.1, -0.05) is 32.0 Å². The molecule has 2 aromatic rings.